The molecule has 0 fully saturated rings. The average molecular weight is 240 g/mol. The van der Waals surface area contributed by atoms with E-state index in [4.69, 9.17) is 10.8 Å². The minimum absolute atomic E-state index is 0.00597. The van der Waals surface area contributed by atoms with Crippen molar-refractivity contribution in [3.05, 3.63) is 47.5 Å². The van der Waals surface area contributed by atoms with Crippen LogP contribution in [0.25, 0.3) is 21.8 Å². The van der Waals surface area contributed by atoms with E-state index in [1.165, 1.54) is 0 Å². The highest BCUT2D eigenvalue weighted by atomic mass is 16.3. The van der Waals surface area contributed by atoms with E-state index in [1.807, 2.05) is 30.3 Å². The van der Waals surface area contributed by atoms with Crippen LogP contribution < -0.4 is 5.73 Å². The molecule has 0 atom stereocenters. The van der Waals surface area contributed by atoms with Crippen molar-refractivity contribution in [1.29, 1.82) is 0 Å². The number of rotatable bonds is 2. The number of carbonyl (C=O) groups is 1. The molecule has 0 radical (unpaired) electrons. The smallest absolute Gasteiger partial charge is 0.250 e. The maximum absolute atomic E-state index is 11.4. The van der Waals surface area contributed by atoms with Crippen LogP contribution in [0.4, 0.5) is 0 Å². The number of para-hydroxylation sites is 1. The van der Waals surface area contributed by atoms with Crippen LogP contribution >= 0.6 is 0 Å². The molecule has 2 aromatic carbocycles. The molecule has 0 aliphatic heterocycles. The molecule has 0 aliphatic carbocycles. The highest BCUT2D eigenvalue weighted by Gasteiger charge is 2.11. The number of nitrogens with one attached hydrogen (secondary N) is 1. The largest absolute Gasteiger partial charge is 0.392 e. The van der Waals surface area contributed by atoms with Crippen molar-refractivity contribution >= 4 is 27.7 Å². The van der Waals surface area contributed by atoms with Gasteiger partial charge in [0, 0.05) is 16.3 Å². The Morgan fingerprint density at radius 3 is 2.78 bits per heavy atom. The predicted octanol–water partition coefficient (Wildman–Crippen LogP) is 1.91. The van der Waals surface area contributed by atoms with Gasteiger partial charge in [0.05, 0.1) is 17.7 Å². The number of nitrogens with two attached hydrogens (primary N) is 1. The minimum Gasteiger partial charge on any atom is -0.392 e. The average Bonchev–Trinajstić information content (AvgIpc) is 2.75. The van der Waals surface area contributed by atoms with Gasteiger partial charge in [0.15, 0.2) is 0 Å². The number of aromatic amines is 1. The highest BCUT2D eigenvalue weighted by Crippen LogP contribution is 2.28. The van der Waals surface area contributed by atoms with Gasteiger partial charge in [-0.15, -0.1) is 0 Å². The lowest BCUT2D eigenvalue weighted by Gasteiger charge is -1.97. The zero-order valence-electron chi connectivity index (χ0n) is 9.60. The van der Waals surface area contributed by atoms with Gasteiger partial charge in [-0.25, -0.2) is 0 Å². The van der Waals surface area contributed by atoms with E-state index < -0.39 is 5.91 Å². The summed E-state index contributed by atoms with van der Waals surface area (Å²) in [5.74, 6) is -0.450. The Balaban J connectivity index is 2.42. The van der Waals surface area contributed by atoms with Crippen LogP contribution in [0.5, 0.6) is 0 Å². The Morgan fingerprint density at radius 1 is 1.22 bits per heavy atom. The summed E-state index contributed by atoms with van der Waals surface area (Å²) in [5.41, 5.74) is 8.31. The second-order valence-corrected chi connectivity index (χ2v) is 4.26. The van der Waals surface area contributed by atoms with Gasteiger partial charge < -0.3 is 15.8 Å². The molecule has 3 aromatic rings. The fourth-order valence-electron chi connectivity index (χ4n) is 2.28. The van der Waals surface area contributed by atoms with Crippen molar-refractivity contribution in [2.75, 3.05) is 0 Å². The van der Waals surface area contributed by atoms with E-state index in [1.54, 1.807) is 6.07 Å². The molecule has 0 unspecified atom stereocenters. The number of fused-ring (bicyclic) bond motifs is 3. The molecule has 0 saturated carbocycles. The molecule has 90 valence electrons. The molecule has 0 bridgehead atoms. The number of H-pyrrole nitrogens is 1. The minimum atomic E-state index is -0.450. The van der Waals surface area contributed by atoms with Crippen LogP contribution in [0.2, 0.25) is 0 Å². The summed E-state index contributed by atoms with van der Waals surface area (Å²) in [7, 11) is 0. The van der Waals surface area contributed by atoms with Crippen molar-refractivity contribution in [2.24, 2.45) is 5.73 Å². The zero-order chi connectivity index (χ0) is 12.7. The molecule has 18 heavy (non-hydrogen) atoms. The molecular weight excluding hydrogens is 228 g/mol. The summed E-state index contributed by atoms with van der Waals surface area (Å²) in [5, 5.41) is 11.1. The topological polar surface area (TPSA) is 79.1 Å². The number of hydrogen-bond donors (Lipinski definition) is 3. The number of primary amides is 1. The number of carbonyl (C=O) groups excluding carboxylic acids is 1. The predicted molar refractivity (Wildman–Crippen MR) is 70.2 cm³/mol. The van der Waals surface area contributed by atoms with E-state index in [0.717, 1.165) is 27.4 Å². The summed E-state index contributed by atoms with van der Waals surface area (Å²) in [6, 6.07) is 11.1. The molecule has 0 aliphatic rings. The molecule has 3 rings (SSSR count). The van der Waals surface area contributed by atoms with Gasteiger partial charge in [0.2, 0.25) is 0 Å². The van der Waals surface area contributed by atoms with Crippen LogP contribution in [0.3, 0.4) is 0 Å². The number of hydrogen-bond acceptors (Lipinski definition) is 2. The Hall–Kier alpha value is -2.33. The first kappa shape index (κ1) is 10.8. The third-order valence-corrected chi connectivity index (χ3v) is 3.15. The number of aliphatic hydroxyl groups excluding tert-OH is 1. The van der Waals surface area contributed by atoms with Crippen molar-refractivity contribution in [3.63, 3.8) is 0 Å². The standard InChI is InChI=1S/C14H12N2O2/c15-14(18)11-3-1-2-10-9-5-4-8(7-17)6-12(9)16-13(10)11/h1-6,16-17H,7H2,(H2,15,18). The maximum Gasteiger partial charge on any atom is 0.250 e. The number of benzene rings is 2. The van der Waals surface area contributed by atoms with E-state index >= 15 is 0 Å². The van der Waals surface area contributed by atoms with Crippen LogP contribution in [0.1, 0.15) is 15.9 Å². The van der Waals surface area contributed by atoms with Gasteiger partial charge in [0.25, 0.3) is 5.91 Å². The molecular formula is C14H12N2O2. The highest BCUT2D eigenvalue weighted by molar-refractivity contribution is 6.14. The second-order valence-electron chi connectivity index (χ2n) is 4.26. The zero-order valence-corrected chi connectivity index (χ0v) is 9.60. The van der Waals surface area contributed by atoms with Crippen LogP contribution in [-0.4, -0.2) is 16.0 Å². The van der Waals surface area contributed by atoms with Gasteiger partial charge in [-0.05, 0) is 17.7 Å². The summed E-state index contributed by atoms with van der Waals surface area (Å²) >= 11 is 0. The quantitative estimate of drug-likeness (QED) is 0.639. The van der Waals surface area contributed by atoms with Crippen molar-refractivity contribution in [1.82, 2.24) is 4.98 Å². The monoisotopic (exact) mass is 240 g/mol. The van der Waals surface area contributed by atoms with Gasteiger partial charge in [-0.2, -0.15) is 0 Å². The van der Waals surface area contributed by atoms with Gasteiger partial charge in [-0.3, -0.25) is 4.79 Å². The molecule has 4 heteroatoms. The van der Waals surface area contributed by atoms with Gasteiger partial charge in [-0.1, -0.05) is 24.3 Å². The first-order chi connectivity index (χ1) is 8.70. The van der Waals surface area contributed by atoms with E-state index in [2.05, 4.69) is 4.98 Å². The normalized spacial score (nSPS) is 11.2. The van der Waals surface area contributed by atoms with Gasteiger partial charge >= 0.3 is 0 Å². The SMILES string of the molecule is NC(=O)c1cccc2c1[nH]c1cc(CO)ccc12. The number of aromatic nitrogens is 1. The van der Waals surface area contributed by atoms with E-state index in [-0.39, 0.29) is 6.61 Å². The van der Waals surface area contributed by atoms with Gasteiger partial charge in [0.1, 0.15) is 0 Å². The van der Waals surface area contributed by atoms with Crippen LogP contribution in [0, 0.1) is 0 Å². The number of aliphatic hydroxyl groups is 1. The Labute approximate surface area is 103 Å². The third-order valence-electron chi connectivity index (χ3n) is 3.15. The molecule has 1 heterocycles. The molecule has 0 spiro atoms. The van der Waals surface area contributed by atoms with Crippen LogP contribution in [0.15, 0.2) is 36.4 Å². The van der Waals surface area contributed by atoms with Crippen molar-refractivity contribution < 1.29 is 9.90 Å². The summed E-state index contributed by atoms with van der Waals surface area (Å²) in [4.78, 5) is 14.6. The molecule has 4 nitrogen and oxygen atoms in total. The summed E-state index contributed by atoms with van der Waals surface area (Å²) < 4.78 is 0. The molecule has 4 N–H and O–H groups in total. The van der Waals surface area contributed by atoms with E-state index in [0.29, 0.717) is 5.56 Å². The first-order valence-corrected chi connectivity index (χ1v) is 5.64. The first-order valence-electron chi connectivity index (χ1n) is 5.64. The van der Waals surface area contributed by atoms with Crippen molar-refractivity contribution in [2.45, 2.75) is 6.61 Å². The Kier molecular flexibility index (Phi) is 2.31. The second kappa shape index (κ2) is 3.85. The molecule has 1 aromatic heterocycles. The Bertz CT molecular complexity index is 759. The third kappa shape index (κ3) is 1.47. The lowest BCUT2D eigenvalue weighted by atomic mass is 10.1. The fraction of sp³-hybridized carbons (Fsp3) is 0.0714. The summed E-state index contributed by atoms with van der Waals surface area (Å²) in [6.07, 6.45) is 0. The lowest BCUT2D eigenvalue weighted by molar-refractivity contribution is 0.100. The number of amides is 1. The van der Waals surface area contributed by atoms with E-state index in [9.17, 15) is 4.79 Å². The summed E-state index contributed by atoms with van der Waals surface area (Å²) in [6.45, 7) is -0.00597. The van der Waals surface area contributed by atoms with Crippen molar-refractivity contribution in [3.8, 4) is 0 Å². The lowest BCUT2D eigenvalue weighted by Crippen LogP contribution is -2.11. The van der Waals surface area contributed by atoms with Crippen LogP contribution in [-0.2, 0) is 6.61 Å². The Morgan fingerprint density at radius 2 is 2.06 bits per heavy atom. The fourth-order valence-corrected chi connectivity index (χ4v) is 2.28. The molecule has 1 amide bonds. The molecule has 0 saturated heterocycles. The maximum atomic E-state index is 11.4.